The molecule has 0 atom stereocenters. The summed E-state index contributed by atoms with van der Waals surface area (Å²) in [6.45, 7) is 3.93. The van der Waals surface area contributed by atoms with Gasteiger partial charge in [-0.05, 0) is 53.9 Å². The van der Waals surface area contributed by atoms with Gasteiger partial charge >= 0.3 is 6.03 Å². The molecule has 8 nitrogen and oxygen atoms in total. The van der Waals surface area contributed by atoms with Gasteiger partial charge in [-0.3, -0.25) is 5.10 Å². The molecule has 0 aliphatic carbocycles. The fourth-order valence-electron chi connectivity index (χ4n) is 4.27. The van der Waals surface area contributed by atoms with Crippen LogP contribution in [0.1, 0.15) is 23.6 Å². The Morgan fingerprint density at radius 1 is 0.973 bits per heavy atom. The van der Waals surface area contributed by atoms with E-state index in [1.807, 2.05) is 36.4 Å². The number of nitrogens with zero attached hydrogens (tertiary/aromatic N) is 2. The quantitative estimate of drug-likeness (QED) is 0.328. The standard InChI is InChI=1S/C29H30N4O4/c1-3-20-4-6-21(7-5-20)18-33(29(34)31-24-10-13-26-27(16-24)37-15-14-36-26)19-23-17-30-32-28(23)22-8-11-25(35-2)12-9-22/h4-13,16-17H,3,14-15,18-19H2,1-2H3,(H,30,32)(H,31,34). The number of methoxy groups -OCH3 is 1. The molecule has 0 bridgehead atoms. The van der Waals surface area contributed by atoms with Crippen molar-refractivity contribution in [2.24, 2.45) is 0 Å². The fraction of sp³-hybridized carbons (Fsp3) is 0.241. The van der Waals surface area contributed by atoms with Crippen molar-refractivity contribution < 1.29 is 19.0 Å². The number of fused-ring (bicyclic) bond motifs is 1. The first-order chi connectivity index (χ1) is 18.1. The zero-order chi connectivity index (χ0) is 25.6. The number of aromatic nitrogens is 2. The van der Waals surface area contributed by atoms with Crippen LogP contribution >= 0.6 is 0 Å². The number of carbonyl (C=O) groups excluding carboxylic acids is 1. The number of ether oxygens (including phenoxy) is 3. The van der Waals surface area contributed by atoms with Crippen LogP contribution in [-0.2, 0) is 19.5 Å². The lowest BCUT2D eigenvalue weighted by Crippen LogP contribution is -2.34. The highest BCUT2D eigenvalue weighted by atomic mass is 16.6. The smallest absolute Gasteiger partial charge is 0.322 e. The van der Waals surface area contributed by atoms with Crippen LogP contribution < -0.4 is 19.5 Å². The van der Waals surface area contributed by atoms with Gasteiger partial charge in [0.25, 0.3) is 0 Å². The maximum absolute atomic E-state index is 13.6. The van der Waals surface area contributed by atoms with Gasteiger partial charge in [0.1, 0.15) is 19.0 Å². The molecule has 0 fully saturated rings. The van der Waals surface area contributed by atoms with Crippen LogP contribution in [0.3, 0.4) is 0 Å². The molecule has 4 aromatic rings. The maximum atomic E-state index is 13.6. The van der Waals surface area contributed by atoms with E-state index in [-0.39, 0.29) is 6.03 Å². The van der Waals surface area contributed by atoms with Gasteiger partial charge in [-0.15, -0.1) is 0 Å². The van der Waals surface area contributed by atoms with Gasteiger partial charge in [-0.2, -0.15) is 5.10 Å². The van der Waals surface area contributed by atoms with E-state index in [1.54, 1.807) is 24.3 Å². The summed E-state index contributed by atoms with van der Waals surface area (Å²) in [6.07, 6.45) is 2.74. The molecule has 1 aliphatic heterocycles. The predicted molar refractivity (Wildman–Crippen MR) is 142 cm³/mol. The molecular formula is C29H30N4O4. The molecule has 0 unspecified atom stereocenters. The van der Waals surface area contributed by atoms with Crippen LogP contribution in [0.25, 0.3) is 11.3 Å². The number of carbonyl (C=O) groups is 1. The van der Waals surface area contributed by atoms with E-state index < -0.39 is 0 Å². The average molecular weight is 499 g/mol. The minimum atomic E-state index is -0.224. The van der Waals surface area contributed by atoms with E-state index in [0.29, 0.717) is 43.5 Å². The van der Waals surface area contributed by atoms with Gasteiger partial charge in [0.05, 0.1) is 25.5 Å². The molecule has 190 valence electrons. The molecule has 3 aromatic carbocycles. The first kappa shape index (κ1) is 24.2. The van der Waals surface area contributed by atoms with Gasteiger partial charge in [0, 0.05) is 29.4 Å². The first-order valence-corrected chi connectivity index (χ1v) is 12.3. The Hall–Kier alpha value is -4.46. The second-order valence-electron chi connectivity index (χ2n) is 8.81. The Balaban J connectivity index is 1.39. The summed E-state index contributed by atoms with van der Waals surface area (Å²) in [7, 11) is 1.64. The number of aryl methyl sites for hydroxylation is 1. The van der Waals surface area contributed by atoms with Crippen molar-refractivity contribution in [2.45, 2.75) is 26.4 Å². The largest absolute Gasteiger partial charge is 0.497 e. The molecule has 0 spiro atoms. The second-order valence-corrected chi connectivity index (χ2v) is 8.81. The van der Waals surface area contributed by atoms with Crippen LogP contribution in [0.15, 0.2) is 72.9 Å². The monoisotopic (exact) mass is 498 g/mol. The van der Waals surface area contributed by atoms with Crippen molar-refractivity contribution in [2.75, 3.05) is 25.6 Å². The van der Waals surface area contributed by atoms with Gasteiger partial charge in [0.15, 0.2) is 11.5 Å². The van der Waals surface area contributed by atoms with Crippen molar-refractivity contribution >= 4 is 11.7 Å². The summed E-state index contributed by atoms with van der Waals surface area (Å²) >= 11 is 0. The highest BCUT2D eigenvalue weighted by Crippen LogP contribution is 2.33. The van der Waals surface area contributed by atoms with Gasteiger partial charge in [0.2, 0.25) is 0 Å². The molecule has 0 saturated heterocycles. The van der Waals surface area contributed by atoms with Crippen LogP contribution in [0.4, 0.5) is 10.5 Å². The molecule has 5 rings (SSSR count). The van der Waals surface area contributed by atoms with Crippen LogP contribution in [0, 0.1) is 0 Å². The second kappa shape index (κ2) is 11.1. The number of amides is 2. The van der Waals surface area contributed by atoms with E-state index in [1.165, 1.54) is 5.56 Å². The molecule has 2 N–H and O–H groups in total. The third-order valence-electron chi connectivity index (χ3n) is 6.34. The van der Waals surface area contributed by atoms with Crippen molar-refractivity contribution in [3.05, 3.63) is 89.6 Å². The topological polar surface area (TPSA) is 88.7 Å². The number of hydrogen-bond acceptors (Lipinski definition) is 5. The molecule has 1 aromatic heterocycles. The summed E-state index contributed by atoms with van der Waals surface area (Å²) in [5, 5.41) is 10.4. The number of nitrogens with one attached hydrogen (secondary N) is 2. The Bertz CT molecular complexity index is 1350. The highest BCUT2D eigenvalue weighted by molar-refractivity contribution is 5.90. The number of anilines is 1. The summed E-state index contributed by atoms with van der Waals surface area (Å²) in [5.41, 5.74) is 5.68. The fourth-order valence-corrected chi connectivity index (χ4v) is 4.27. The molecule has 8 heteroatoms. The lowest BCUT2D eigenvalue weighted by Gasteiger charge is -2.24. The lowest BCUT2D eigenvalue weighted by molar-refractivity contribution is 0.171. The minimum absolute atomic E-state index is 0.224. The van der Waals surface area contributed by atoms with E-state index in [2.05, 4.69) is 46.7 Å². The van der Waals surface area contributed by atoms with Crippen LogP contribution in [0.5, 0.6) is 17.2 Å². The highest BCUT2D eigenvalue weighted by Gasteiger charge is 2.20. The Kier molecular flexibility index (Phi) is 7.26. The normalized spacial score (nSPS) is 12.2. The van der Waals surface area contributed by atoms with Crippen molar-refractivity contribution in [3.63, 3.8) is 0 Å². The molecular weight excluding hydrogens is 468 g/mol. The van der Waals surface area contributed by atoms with Gasteiger partial charge < -0.3 is 24.4 Å². The third kappa shape index (κ3) is 5.69. The van der Waals surface area contributed by atoms with Crippen molar-refractivity contribution in [3.8, 4) is 28.5 Å². The van der Waals surface area contributed by atoms with Crippen molar-refractivity contribution in [1.29, 1.82) is 0 Å². The Labute approximate surface area is 216 Å². The summed E-state index contributed by atoms with van der Waals surface area (Å²) in [4.78, 5) is 15.3. The Morgan fingerprint density at radius 3 is 2.43 bits per heavy atom. The van der Waals surface area contributed by atoms with Gasteiger partial charge in [-0.1, -0.05) is 31.2 Å². The number of aromatic amines is 1. The third-order valence-corrected chi connectivity index (χ3v) is 6.34. The molecule has 37 heavy (non-hydrogen) atoms. The number of urea groups is 1. The zero-order valence-electron chi connectivity index (χ0n) is 21.0. The van der Waals surface area contributed by atoms with Gasteiger partial charge in [-0.25, -0.2) is 4.79 Å². The first-order valence-electron chi connectivity index (χ1n) is 12.3. The molecule has 2 heterocycles. The average Bonchev–Trinajstić information content (AvgIpc) is 3.41. The van der Waals surface area contributed by atoms with E-state index in [0.717, 1.165) is 34.6 Å². The van der Waals surface area contributed by atoms with Crippen LogP contribution in [0.2, 0.25) is 0 Å². The molecule has 1 aliphatic rings. The molecule has 0 saturated carbocycles. The van der Waals surface area contributed by atoms with E-state index >= 15 is 0 Å². The number of H-pyrrole nitrogens is 1. The lowest BCUT2D eigenvalue weighted by atomic mass is 10.1. The summed E-state index contributed by atoms with van der Waals surface area (Å²) in [5.74, 6) is 2.09. The van der Waals surface area contributed by atoms with E-state index in [9.17, 15) is 4.79 Å². The molecule has 0 radical (unpaired) electrons. The summed E-state index contributed by atoms with van der Waals surface area (Å²) < 4.78 is 16.6. The zero-order valence-corrected chi connectivity index (χ0v) is 21.0. The number of benzene rings is 3. The predicted octanol–water partition coefficient (Wildman–Crippen LogP) is 5.65. The van der Waals surface area contributed by atoms with Crippen LogP contribution in [-0.4, -0.2) is 41.5 Å². The van der Waals surface area contributed by atoms with Crippen molar-refractivity contribution in [1.82, 2.24) is 15.1 Å². The molecule has 2 amide bonds. The Morgan fingerprint density at radius 2 is 1.70 bits per heavy atom. The summed E-state index contributed by atoms with van der Waals surface area (Å²) in [6, 6.07) is 21.3. The number of rotatable bonds is 8. The maximum Gasteiger partial charge on any atom is 0.322 e. The SMILES string of the molecule is CCc1ccc(CN(Cc2cn[nH]c2-c2ccc(OC)cc2)C(=O)Nc2ccc3c(c2)OCCO3)cc1. The van der Waals surface area contributed by atoms with E-state index in [4.69, 9.17) is 14.2 Å². The minimum Gasteiger partial charge on any atom is -0.497 e. The number of hydrogen-bond donors (Lipinski definition) is 2.